The van der Waals surface area contributed by atoms with Crippen LogP contribution in [0.4, 0.5) is 0 Å². The number of rotatable bonds is 5. The molecule has 0 aromatic heterocycles. The Morgan fingerprint density at radius 1 is 1.35 bits per heavy atom. The van der Waals surface area contributed by atoms with E-state index in [0.29, 0.717) is 4.90 Å². The highest BCUT2D eigenvalue weighted by molar-refractivity contribution is 7.92. The Balaban J connectivity index is 3.02. The fraction of sp³-hybridized carbons (Fsp3) is 0.385. The second-order valence-electron chi connectivity index (χ2n) is 4.13. The van der Waals surface area contributed by atoms with Gasteiger partial charge in [-0.2, -0.15) is 0 Å². The Bertz CT molecular complexity index is 490. The molecular formula is C13H19NO2S. The second kappa shape index (κ2) is 5.98. The van der Waals surface area contributed by atoms with Crippen LogP contribution in [0.15, 0.2) is 35.2 Å². The predicted molar refractivity (Wildman–Crippen MR) is 71.7 cm³/mol. The first-order valence-electron chi connectivity index (χ1n) is 5.63. The Kier molecular flexibility index (Phi) is 4.90. The first kappa shape index (κ1) is 13.9. The predicted octanol–water partition coefficient (Wildman–Crippen LogP) is 2.10. The average Bonchev–Trinajstić information content (AvgIpc) is 2.29. The molecule has 0 amide bonds. The van der Waals surface area contributed by atoms with Crippen LogP contribution in [0.25, 0.3) is 6.08 Å². The maximum absolute atomic E-state index is 12.0. The first-order chi connectivity index (χ1) is 7.98. The second-order valence-corrected chi connectivity index (χ2v) is 6.63. The highest BCUT2D eigenvalue weighted by Crippen LogP contribution is 2.17. The third-order valence-corrected chi connectivity index (χ3v) is 4.59. The van der Waals surface area contributed by atoms with E-state index in [-0.39, 0.29) is 5.25 Å². The van der Waals surface area contributed by atoms with Crippen molar-refractivity contribution in [2.75, 3.05) is 13.6 Å². The summed E-state index contributed by atoms with van der Waals surface area (Å²) in [7, 11) is -1.31. The van der Waals surface area contributed by atoms with E-state index in [2.05, 4.69) is 5.32 Å². The van der Waals surface area contributed by atoms with Crippen LogP contribution in [0.1, 0.15) is 19.4 Å². The molecule has 0 spiro atoms. The van der Waals surface area contributed by atoms with Crippen molar-refractivity contribution in [3.8, 4) is 0 Å². The van der Waals surface area contributed by atoms with Crippen molar-refractivity contribution in [1.29, 1.82) is 0 Å². The van der Waals surface area contributed by atoms with Crippen LogP contribution in [0.2, 0.25) is 0 Å². The summed E-state index contributed by atoms with van der Waals surface area (Å²) in [6.07, 6.45) is 3.87. The van der Waals surface area contributed by atoms with Crippen LogP contribution in [-0.2, 0) is 9.84 Å². The van der Waals surface area contributed by atoms with Gasteiger partial charge >= 0.3 is 0 Å². The molecule has 17 heavy (non-hydrogen) atoms. The molecule has 1 rings (SSSR count). The van der Waals surface area contributed by atoms with Crippen LogP contribution >= 0.6 is 0 Å². The highest BCUT2D eigenvalue weighted by atomic mass is 32.2. The molecule has 0 aliphatic heterocycles. The molecule has 0 fully saturated rings. The standard InChI is InChI=1S/C13H19NO2S/c1-11(2)17(15,16)13-8-4-6-12(10-13)7-5-9-14-3/h4-8,10-11,14H,9H2,1-3H3. The fourth-order valence-electron chi connectivity index (χ4n) is 1.38. The van der Waals surface area contributed by atoms with Gasteiger partial charge in [-0.05, 0) is 38.6 Å². The summed E-state index contributed by atoms with van der Waals surface area (Å²) >= 11 is 0. The molecule has 1 aromatic rings. The van der Waals surface area contributed by atoms with E-state index < -0.39 is 9.84 Å². The zero-order valence-electron chi connectivity index (χ0n) is 10.5. The number of benzene rings is 1. The summed E-state index contributed by atoms with van der Waals surface area (Å²) in [5.41, 5.74) is 0.905. The van der Waals surface area contributed by atoms with Crippen LogP contribution in [0.3, 0.4) is 0 Å². The van der Waals surface area contributed by atoms with Gasteiger partial charge in [-0.3, -0.25) is 0 Å². The van der Waals surface area contributed by atoms with E-state index in [4.69, 9.17) is 0 Å². The van der Waals surface area contributed by atoms with Crippen molar-refractivity contribution < 1.29 is 8.42 Å². The lowest BCUT2D eigenvalue weighted by Crippen LogP contribution is -2.13. The smallest absolute Gasteiger partial charge is 0.180 e. The van der Waals surface area contributed by atoms with Crippen molar-refractivity contribution in [3.63, 3.8) is 0 Å². The summed E-state index contributed by atoms with van der Waals surface area (Å²) in [6, 6.07) is 7.02. The fourth-order valence-corrected chi connectivity index (χ4v) is 2.49. The van der Waals surface area contributed by atoms with Crippen LogP contribution < -0.4 is 5.32 Å². The highest BCUT2D eigenvalue weighted by Gasteiger charge is 2.18. The molecule has 0 saturated carbocycles. The molecule has 3 nitrogen and oxygen atoms in total. The van der Waals surface area contributed by atoms with Crippen molar-refractivity contribution >= 4 is 15.9 Å². The lowest BCUT2D eigenvalue weighted by atomic mass is 10.2. The molecule has 0 bridgehead atoms. The zero-order chi connectivity index (χ0) is 12.9. The van der Waals surface area contributed by atoms with Gasteiger partial charge in [-0.1, -0.05) is 24.3 Å². The van der Waals surface area contributed by atoms with Gasteiger partial charge in [-0.25, -0.2) is 8.42 Å². The van der Waals surface area contributed by atoms with Crippen molar-refractivity contribution in [2.24, 2.45) is 0 Å². The van der Waals surface area contributed by atoms with Crippen molar-refractivity contribution in [3.05, 3.63) is 35.9 Å². The molecule has 0 atom stereocenters. The lowest BCUT2D eigenvalue weighted by Gasteiger charge is -2.08. The third kappa shape index (κ3) is 3.68. The number of likely N-dealkylation sites (N-methyl/N-ethyl adjacent to an activating group) is 1. The maximum atomic E-state index is 12.0. The topological polar surface area (TPSA) is 46.2 Å². The Morgan fingerprint density at radius 2 is 2.06 bits per heavy atom. The van der Waals surface area contributed by atoms with E-state index in [1.807, 2.05) is 25.3 Å². The molecule has 0 radical (unpaired) electrons. The summed E-state index contributed by atoms with van der Waals surface area (Å²) < 4.78 is 24.0. The van der Waals surface area contributed by atoms with E-state index in [0.717, 1.165) is 12.1 Å². The van der Waals surface area contributed by atoms with Gasteiger partial charge in [0.1, 0.15) is 0 Å². The average molecular weight is 253 g/mol. The summed E-state index contributed by atoms with van der Waals surface area (Å²) in [5, 5.41) is 2.61. The number of sulfone groups is 1. The minimum atomic E-state index is -3.18. The summed E-state index contributed by atoms with van der Waals surface area (Å²) in [5.74, 6) is 0. The van der Waals surface area contributed by atoms with Crippen LogP contribution in [-0.4, -0.2) is 27.3 Å². The molecule has 1 N–H and O–H groups in total. The summed E-state index contributed by atoms with van der Waals surface area (Å²) in [6.45, 7) is 4.15. The van der Waals surface area contributed by atoms with Gasteiger partial charge in [0, 0.05) is 6.54 Å². The molecule has 0 aliphatic rings. The summed E-state index contributed by atoms with van der Waals surface area (Å²) in [4.78, 5) is 0.388. The minimum absolute atomic E-state index is 0.388. The number of nitrogens with one attached hydrogen (secondary N) is 1. The van der Waals surface area contributed by atoms with Gasteiger partial charge in [0.05, 0.1) is 10.1 Å². The van der Waals surface area contributed by atoms with E-state index in [9.17, 15) is 8.42 Å². The Hall–Kier alpha value is -1.13. The molecule has 0 saturated heterocycles. The van der Waals surface area contributed by atoms with Crippen LogP contribution in [0, 0.1) is 0 Å². The van der Waals surface area contributed by atoms with E-state index in [1.165, 1.54) is 0 Å². The minimum Gasteiger partial charge on any atom is -0.316 e. The van der Waals surface area contributed by atoms with E-state index in [1.54, 1.807) is 32.0 Å². The number of hydrogen-bond donors (Lipinski definition) is 1. The molecule has 0 heterocycles. The van der Waals surface area contributed by atoms with Gasteiger partial charge in [0.2, 0.25) is 0 Å². The first-order valence-corrected chi connectivity index (χ1v) is 7.18. The van der Waals surface area contributed by atoms with Gasteiger partial charge in [0.15, 0.2) is 9.84 Å². The Labute approximate surface area is 103 Å². The molecule has 0 aliphatic carbocycles. The normalized spacial score (nSPS) is 12.5. The molecule has 0 unspecified atom stereocenters. The largest absolute Gasteiger partial charge is 0.316 e. The van der Waals surface area contributed by atoms with Crippen molar-refractivity contribution in [2.45, 2.75) is 24.0 Å². The molecule has 94 valence electrons. The maximum Gasteiger partial charge on any atom is 0.180 e. The van der Waals surface area contributed by atoms with Crippen molar-refractivity contribution in [1.82, 2.24) is 5.32 Å². The zero-order valence-corrected chi connectivity index (χ0v) is 11.3. The van der Waals surface area contributed by atoms with Gasteiger partial charge in [0.25, 0.3) is 0 Å². The van der Waals surface area contributed by atoms with Gasteiger partial charge in [-0.15, -0.1) is 0 Å². The third-order valence-electron chi connectivity index (χ3n) is 2.44. The lowest BCUT2D eigenvalue weighted by molar-refractivity contribution is 0.587. The molecule has 4 heteroatoms. The monoisotopic (exact) mass is 253 g/mol. The number of hydrogen-bond acceptors (Lipinski definition) is 3. The Morgan fingerprint density at radius 3 is 2.65 bits per heavy atom. The quantitative estimate of drug-likeness (QED) is 0.874. The SMILES string of the molecule is CNCC=Cc1cccc(S(=O)(=O)C(C)C)c1. The molecular weight excluding hydrogens is 234 g/mol. The van der Waals surface area contributed by atoms with Gasteiger partial charge < -0.3 is 5.32 Å². The van der Waals surface area contributed by atoms with E-state index >= 15 is 0 Å². The van der Waals surface area contributed by atoms with Crippen LogP contribution in [0.5, 0.6) is 0 Å². The molecule has 1 aromatic carbocycles.